The quantitative estimate of drug-likeness (QED) is 0.210. The van der Waals surface area contributed by atoms with E-state index in [-0.39, 0.29) is 11.2 Å². The summed E-state index contributed by atoms with van der Waals surface area (Å²) >= 11 is 1.71. The molecule has 1 aromatic heterocycles. The van der Waals surface area contributed by atoms with Gasteiger partial charge in [-0.15, -0.1) is 11.3 Å². The Balaban J connectivity index is 0.000000165. The molecule has 5 aromatic rings. The summed E-state index contributed by atoms with van der Waals surface area (Å²) in [6.07, 6.45) is 1.90. The van der Waals surface area contributed by atoms with Crippen LogP contribution in [0.2, 0.25) is 0 Å². The Kier molecular flexibility index (Phi) is 7.11. The topological polar surface area (TPSA) is 34.1 Å². The second-order valence-electron chi connectivity index (χ2n) is 7.77. The van der Waals surface area contributed by atoms with Gasteiger partial charge in [0, 0.05) is 31.3 Å². The zero-order valence-corrected chi connectivity index (χ0v) is 19.7. The number of aryl methyl sites for hydroxylation is 2. The largest absolute Gasteiger partial charge is 0.289 e. The number of rotatable bonds is 4. The van der Waals surface area contributed by atoms with Gasteiger partial charge in [-0.2, -0.15) is 0 Å². The first kappa shape index (κ1) is 22.6. The molecule has 4 aromatic carbocycles. The van der Waals surface area contributed by atoms with Crippen molar-refractivity contribution in [2.75, 3.05) is 0 Å². The van der Waals surface area contributed by atoms with E-state index in [1.165, 1.54) is 11.1 Å². The van der Waals surface area contributed by atoms with Crippen LogP contribution >= 0.6 is 11.3 Å². The molecule has 0 radical (unpaired) electrons. The summed E-state index contributed by atoms with van der Waals surface area (Å²) < 4.78 is 2.18. The van der Waals surface area contributed by atoms with Crippen LogP contribution in [0.15, 0.2) is 102 Å². The standard InChI is InChI=1S/C17H16OS.C13H10O/c1-3-11-9-10-15-16(12(11)4-2)17(18)13-7-5-6-8-14(13)19-15;14-13(11-7-3-1-4-8-11)12-9-5-2-6-10-12/h5-10H,3-4H2,1-2H3;1-10H. The van der Waals surface area contributed by atoms with Crippen molar-refractivity contribution >= 4 is 37.3 Å². The Bertz CT molecular complexity index is 1410. The van der Waals surface area contributed by atoms with Gasteiger partial charge in [-0.05, 0) is 42.2 Å². The third-order valence-electron chi connectivity index (χ3n) is 5.76. The normalized spacial score (nSPS) is 10.6. The van der Waals surface area contributed by atoms with Crippen LogP contribution in [0, 0.1) is 0 Å². The van der Waals surface area contributed by atoms with E-state index in [9.17, 15) is 9.59 Å². The van der Waals surface area contributed by atoms with Crippen molar-refractivity contribution in [3.8, 4) is 0 Å². The van der Waals surface area contributed by atoms with Gasteiger partial charge in [0.1, 0.15) is 0 Å². The fourth-order valence-electron chi connectivity index (χ4n) is 4.08. The van der Waals surface area contributed by atoms with Gasteiger partial charge in [-0.25, -0.2) is 0 Å². The lowest BCUT2D eigenvalue weighted by molar-refractivity contribution is 0.103. The van der Waals surface area contributed by atoms with Gasteiger partial charge >= 0.3 is 0 Å². The van der Waals surface area contributed by atoms with Crippen LogP contribution in [0.1, 0.15) is 40.9 Å². The molecule has 0 saturated carbocycles. The van der Waals surface area contributed by atoms with Crippen molar-refractivity contribution in [2.45, 2.75) is 26.7 Å². The molecule has 0 spiro atoms. The van der Waals surface area contributed by atoms with Crippen molar-refractivity contribution in [2.24, 2.45) is 0 Å². The smallest absolute Gasteiger partial charge is 0.196 e. The fraction of sp³-hybridized carbons (Fsp3) is 0.133. The van der Waals surface area contributed by atoms with Gasteiger partial charge in [0.25, 0.3) is 0 Å². The number of carbonyl (C=O) groups excluding carboxylic acids is 1. The summed E-state index contributed by atoms with van der Waals surface area (Å²) in [5.74, 6) is 0.0752. The second-order valence-corrected chi connectivity index (χ2v) is 8.86. The van der Waals surface area contributed by atoms with Gasteiger partial charge < -0.3 is 0 Å². The van der Waals surface area contributed by atoms with Crippen LogP contribution < -0.4 is 5.43 Å². The predicted octanol–water partition coefficient (Wildman–Crippen LogP) is 7.46. The molecule has 164 valence electrons. The van der Waals surface area contributed by atoms with Crippen LogP contribution in [-0.4, -0.2) is 5.78 Å². The second kappa shape index (κ2) is 10.4. The number of hydrogen-bond donors (Lipinski definition) is 0. The van der Waals surface area contributed by atoms with Crippen LogP contribution in [0.25, 0.3) is 20.2 Å². The molecule has 0 N–H and O–H groups in total. The van der Waals surface area contributed by atoms with Gasteiger partial charge in [-0.3, -0.25) is 9.59 Å². The summed E-state index contributed by atoms with van der Waals surface area (Å²) in [5, 5.41) is 1.79. The Morgan fingerprint density at radius 1 is 0.667 bits per heavy atom. The maximum atomic E-state index is 12.7. The first-order valence-corrected chi connectivity index (χ1v) is 12.1. The van der Waals surface area contributed by atoms with E-state index < -0.39 is 0 Å². The van der Waals surface area contributed by atoms with E-state index in [2.05, 4.69) is 26.0 Å². The van der Waals surface area contributed by atoms with E-state index >= 15 is 0 Å². The zero-order chi connectivity index (χ0) is 23.2. The molecule has 0 amide bonds. The van der Waals surface area contributed by atoms with Gasteiger partial charge in [0.2, 0.25) is 0 Å². The maximum Gasteiger partial charge on any atom is 0.196 e. The zero-order valence-electron chi connectivity index (χ0n) is 18.9. The van der Waals surface area contributed by atoms with Gasteiger partial charge in [0.15, 0.2) is 11.2 Å². The lowest BCUT2D eigenvalue weighted by Gasteiger charge is -2.10. The lowest BCUT2D eigenvalue weighted by Crippen LogP contribution is -2.06. The van der Waals surface area contributed by atoms with Crippen molar-refractivity contribution in [3.63, 3.8) is 0 Å². The highest BCUT2D eigenvalue weighted by Gasteiger charge is 2.11. The molecule has 0 aliphatic heterocycles. The monoisotopic (exact) mass is 450 g/mol. The predicted molar refractivity (Wildman–Crippen MR) is 141 cm³/mol. The number of fused-ring (bicyclic) bond motifs is 2. The summed E-state index contributed by atoms with van der Waals surface area (Å²) in [5.41, 5.74) is 4.19. The van der Waals surface area contributed by atoms with Gasteiger partial charge in [0.05, 0.1) is 0 Å². The first-order valence-electron chi connectivity index (χ1n) is 11.2. The minimum atomic E-state index is 0.0752. The van der Waals surface area contributed by atoms with Crippen molar-refractivity contribution in [1.29, 1.82) is 0 Å². The Morgan fingerprint density at radius 3 is 1.82 bits per heavy atom. The molecule has 0 saturated heterocycles. The molecule has 0 fully saturated rings. The van der Waals surface area contributed by atoms with E-state index in [0.717, 1.165) is 44.1 Å². The highest BCUT2D eigenvalue weighted by Crippen LogP contribution is 2.28. The number of hydrogen-bond acceptors (Lipinski definition) is 3. The molecular weight excluding hydrogens is 424 g/mol. The molecule has 3 heteroatoms. The van der Waals surface area contributed by atoms with Crippen LogP contribution in [0.3, 0.4) is 0 Å². The summed E-state index contributed by atoms with van der Waals surface area (Å²) in [7, 11) is 0. The molecule has 0 bridgehead atoms. The van der Waals surface area contributed by atoms with Gasteiger partial charge in [-0.1, -0.05) is 92.7 Å². The third-order valence-corrected chi connectivity index (χ3v) is 6.89. The molecule has 2 nitrogen and oxygen atoms in total. The number of ketones is 1. The number of carbonyl (C=O) groups is 1. The minimum absolute atomic E-state index is 0.0752. The molecule has 0 aliphatic carbocycles. The summed E-state index contributed by atoms with van der Waals surface area (Å²) in [4.78, 5) is 24.6. The highest BCUT2D eigenvalue weighted by molar-refractivity contribution is 7.24. The number of benzene rings is 4. The molecule has 0 unspecified atom stereocenters. The SMILES string of the molecule is CCc1ccc2sc3ccccc3c(=O)c2c1CC.O=C(c1ccccc1)c1ccccc1. The molecule has 33 heavy (non-hydrogen) atoms. The van der Waals surface area contributed by atoms with E-state index in [1.54, 1.807) is 11.3 Å². The molecular formula is C30H26O2S. The molecule has 1 heterocycles. The van der Waals surface area contributed by atoms with E-state index in [0.29, 0.717) is 0 Å². The van der Waals surface area contributed by atoms with Crippen molar-refractivity contribution in [1.82, 2.24) is 0 Å². The van der Waals surface area contributed by atoms with Crippen molar-refractivity contribution in [3.05, 3.63) is 130 Å². The maximum absolute atomic E-state index is 12.7. The average molecular weight is 451 g/mol. The average Bonchev–Trinajstić information content (AvgIpc) is 2.89. The van der Waals surface area contributed by atoms with E-state index in [1.807, 2.05) is 84.9 Å². The fourth-order valence-corrected chi connectivity index (χ4v) is 5.19. The summed E-state index contributed by atoms with van der Waals surface area (Å²) in [6.45, 7) is 4.28. The van der Waals surface area contributed by atoms with Crippen molar-refractivity contribution < 1.29 is 4.79 Å². The van der Waals surface area contributed by atoms with E-state index in [4.69, 9.17) is 0 Å². The molecule has 0 aliphatic rings. The minimum Gasteiger partial charge on any atom is -0.289 e. The Morgan fingerprint density at radius 2 is 1.24 bits per heavy atom. The Hall–Kier alpha value is -3.56. The lowest BCUT2D eigenvalue weighted by atomic mass is 9.98. The van der Waals surface area contributed by atoms with Crippen LogP contribution in [0.4, 0.5) is 0 Å². The van der Waals surface area contributed by atoms with Crippen LogP contribution in [-0.2, 0) is 12.8 Å². The molecule has 5 rings (SSSR count). The van der Waals surface area contributed by atoms with Crippen LogP contribution in [0.5, 0.6) is 0 Å². The first-order chi connectivity index (χ1) is 16.1. The summed E-state index contributed by atoms with van der Waals surface area (Å²) in [6, 6.07) is 30.8. The highest BCUT2D eigenvalue weighted by atomic mass is 32.1. The third kappa shape index (κ3) is 4.79. The molecule has 0 atom stereocenters. The Labute approximate surface area is 198 Å².